The van der Waals surface area contributed by atoms with Gasteiger partial charge in [-0.3, -0.25) is 0 Å². The summed E-state index contributed by atoms with van der Waals surface area (Å²) in [6, 6.07) is 0. The molecule has 2 unspecified atom stereocenters. The van der Waals surface area contributed by atoms with Crippen molar-refractivity contribution < 1.29 is 14.3 Å². The summed E-state index contributed by atoms with van der Waals surface area (Å²) in [5.74, 6) is 0.422. The normalized spacial score (nSPS) is 24.6. The molecule has 1 aliphatic carbocycles. The Balaban J connectivity index is 2.17. The summed E-state index contributed by atoms with van der Waals surface area (Å²) in [5.41, 5.74) is 0. The maximum Gasteiger partial charge on any atom is 0.332 e. The Hall–Kier alpha value is -0.570. The number of esters is 1. The highest BCUT2D eigenvalue weighted by Gasteiger charge is 2.24. The molecule has 100 valence electrons. The van der Waals surface area contributed by atoms with Gasteiger partial charge < -0.3 is 9.47 Å². The van der Waals surface area contributed by atoms with Crippen LogP contribution in [-0.2, 0) is 14.3 Å². The molecule has 1 fully saturated rings. The third-order valence-corrected chi connectivity index (χ3v) is 3.54. The Morgan fingerprint density at radius 1 is 1.24 bits per heavy atom. The second-order valence-electron chi connectivity index (χ2n) is 4.88. The van der Waals surface area contributed by atoms with Gasteiger partial charge >= 0.3 is 5.97 Å². The van der Waals surface area contributed by atoms with Crippen molar-refractivity contribution in [2.45, 2.75) is 64.9 Å². The molecule has 3 nitrogen and oxygen atoms in total. The molecule has 1 aliphatic rings. The molecule has 0 aromatic rings. The Morgan fingerprint density at radius 3 is 2.71 bits per heavy atom. The maximum atomic E-state index is 11.4. The fourth-order valence-electron chi connectivity index (χ4n) is 2.41. The first-order valence-corrected chi connectivity index (χ1v) is 7.05. The van der Waals surface area contributed by atoms with Crippen molar-refractivity contribution in [2.24, 2.45) is 5.92 Å². The average Bonchev–Trinajstić information content (AvgIpc) is 2.37. The Labute approximate surface area is 105 Å². The second-order valence-corrected chi connectivity index (χ2v) is 4.88. The van der Waals surface area contributed by atoms with E-state index in [-0.39, 0.29) is 18.7 Å². The fraction of sp³-hybridized carbons (Fsp3) is 0.929. The predicted octanol–water partition coefficient (Wildman–Crippen LogP) is 3.32. The lowest BCUT2D eigenvalue weighted by atomic mass is 9.85. The largest absolute Gasteiger partial charge is 0.464 e. The van der Waals surface area contributed by atoms with Gasteiger partial charge in [0, 0.05) is 0 Å². The van der Waals surface area contributed by atoms with Gasteiger partial charge in [-0.1, -0.05) is 39.5 Å². The lowest BCUT2D eigenvalue weighted by Crippen LogP contribution is -2.29. The first kappa shape index (κ1) is 14.5. The van der Waals surface area contributed by atoms with Crippen molar-refractivity contribution in [3.63, 3.8) is 0 Å². The molecular formula is C14H26O3. The molecule has 0 amide bonds. The summed E-state index contributed by atoms with van der Waals surface area (Å²) in [4.78, 5) is 11.4. The first-order chi connectivity index (χ1) is 8.27. The highest BCUT2D eigenvalue weighted by Crippen LogP contribution is 2.28. The van der Waals surface area contributed by atoms with E-state index in [1.807, 2.05) is 0 Å². The Morgan fingerprint density at radius 2 is 2.00 bits per heavy atom. The van der Waals surface area contributed by atoms with Gasteiger partial charge in [-0.2, -0.15) is 0 Å². The number of hydrogen-bond donors (Lipinski definition) is 0. The number of rotatable bonds is 7. The molecule has 1 rings (SSSR count). The van der Waals surface area contributed by atoms with Crippen LogP contribution < -0.4 is 0 Å². The van der Waals surface area contributed by atoms with Crippen LogP contribution in [0.2, 0.25) is 0 Å². The molecule has 0 heterocycles. The Kier molecular flexibility index (Phi) is 7.25. The van der Waals surface area contributed by atoms with E-state index < -0.39 is 0 Å². The van der Waals surface area contributed by atoms with E-state index in [1.165, 1.54) is 19.3 Å². The van der Waals surface area contributed by atoms with E-state index in [9.17, 15) is 4.79 Å². The molecule has 0 spiro atoms. The van der Waals surface area contributed by atoms with Crippen LogP contribution in [0, 0.1) is 5.92 Å². The zero-order chi connectivity index (χ0) is 12.5. The minimum Gasteiger partial charge on any atom is -0.464 e. The number of carbonyl (C=O) groups excluding carboxylic acids is 1. The number of carbonyl (C=O) groups is 1. The zero-order valence-corrected chi connectivity index (χ0v) is 11.2. The van der Waals surface area contributed by atoms with Gasteiger partial charge in [-0.15, -0.1) is 0 Å². The molecule has 0 saturated heterocycles. The fourth-order valence-corrected chi connectivity index (χ4v) is 2.41. The minimum absolute atomic E-state index is 0.130. The maximum absolute atomic E-state index is 11.4. The topological polar surface area (TPSA) is 35.5 Å². The molecule has 0 bridgehead atoms. The summed E-state index contributed by atoms with van der Waals surface area (Å²) in [6.45, 7) is 4.94. The lowest BCUT2D eigenvalue weighted by molar-refractivity contribution is -0.153. The molecule has 3 heteroatoms. The van der Waals surface area contributed by atoms with Crippen LogP contribution in [0.1, 0.15) is 58.8 Å². The van der Waals surface area contributed by atoms with Crippen LogP contribution in [0.5, 0.6) is 0 Å². The Bertz CT molecular complexity index is 216. The third kappa shape index (κ3) is 5.53. The molecule has 0 aromatic carbocycles. The van der Waals surface area contributed by atoms with E-state index >= 15 is 0 Å². The summed E-state index contributed by atoms with van der Waals surface area (Å²) < 4.78 is 10.8. The molecule has 0 N–H and O–H groups in total. The molecule has 2 atom stereocenters. The molecular weight excluding hydrogens is 216 g/mol. The standard InChI is InChI=1S/C14H26O3/c1-3-5-10-16-14(15)11-17-13-9-7-6-8-12(13)4-2/h12-13H,3-11H2,1-2H3. The molecule has 0 aliphatic heterocycles. The average molecular weight is 242 g/mol. The molecule has 1 saturated carbocycles. The highest BCUT2D eigenvalue weighted by atomic mass is 16.6. The number of ether oxygens (including phenoxy) is 2. The van der Waals surface area contributed by atoms with Gasteiger partial charge in [-0.05, 0) is 25.2 Å². The first-order valence-electron chi connectivity index (χ1n) is 7.05. The molecule has 0 aromatic heterocycles. The van der Waals surface area contributed by atoms with E-state index in [1.54, 1.807) is 0 Å². The van der Waals surface area contributed by atoms with Crippen LogP contribution in [-0.4, -0.2) is 25.3 Å². The quantitative estimate of drug-likeness (QED) is 0.507. The van der Waals surface area contributed by atoms with Crippen LogP contribution in [0.15, 0.2) is 0 Å². The van der Waals surface area contributed by atoms with E-state index in [2.05, 4.69) is 13.8 Å². The van der Waals surface area contributed by atoms with E-state index in [0.717, 1.165) is 25.7 Å². The summed E-state index contributed by atoms with van der Waals surface area (Å²) >= 11 is 0. The van der Waals surface area contributed by atoms with Gasteiger partial charge in [0.1, 0.15) is 6.61 Å². The number of unbranched alkanes of at least 4 members (excludes halogenated alkanes) is 1. The zero-order valence-electron chi connectivity index (χ0n) is 11.2. The monoisotopic (exact) mass is 242 g/mol. The van der Waals surface area contributed by atoms with Crippen molar-refractivity contribution in [3.8, 4) is 0 Å². The van der Waals surface area contributed by atoms with Crippen molar-refractivity contribution in [3.05, 3.63) is 0 Å². The summed E-state index contributed by atoms with van der Waals surface area (Å²) in [7, 11) is 0. The van der Waals surface area contributed by atoms with E-state index in [0.29, 0.717) is 12.5 Å². The molecule has 0 radical (unpaired) electrons. The van der Waals surface area contributed by atoms with Gasteiger partial charge in [0.25, 0.3) is 0 Å². The van der Waals surface area contributed by atoms with Crippen molar-refractivity contribution in [1.82, 2.24) is 0 Å². The number of hydrogen-bond acceptors (Lipinski definition) is 3. The van der Waals surface area contributed by atoms with Crippen molar-refractivity contribution in [1.29, 1.82) is 0 Å². The smallest absolute Gasteiger partial charge is 0.332 e. The van der Waals surface area contributed by atoms with Crippen LogP contribution >= 0.6 is 0 Å². The SMILES string of the molecule is CCCCOC(=O)COC1CCCCC1CC. The second kappa shape index (κ2) is 8.51. The third-order valence-electron chi connectivity index (χ3n) is 3.54. The van der Waals surface area contributed by atoms with E-state index in [4.69, 9.17) is 9.47 Å². The van der Waals surface area contributed by atoms with Gasteiger partial charge in [0.05, 0.1) is 12.7 Å². The van der Waals surface area contributed by atoms with Crippen molar-refractivity contribution >= 4 is 5.97 Å². The summed E-state index contributed by atoms with van der Waals surface area (Å²) in [6.07, 6.45) is 8.28. The summed E-state index contributed by atoms with van der Waals surface area (Å²) in [5, 5.41) is 0. The van der Waals surface area contributed by atoms with Gasteiger partial charge in [-0.25, -0.2) is 4.79 Å². The molecule has 17 heavy (non-hydrogen) atoms. The lowest BCUT2D eigenvalue weighted by Gasteiger charge is -2.30. The minimum atomic E-state index is -0.209. The van der Waals surface area contributed by atoms with Crippen molar-refractivity contribution in [2.75, 3.05) is 13.2 Å². The van der Waals surface area contributed by atoms with Gasteiger partial charge in [0.2, 0.25) is 0 Å². The van der Waals surface area contributed by atoms with Crippen LogP contribution in [0.3, 0.4) is 0 Å². The van der Waals surface area contributed by atoms with Crippen LogP contribution in [0.4, 0.5) is 0 Å². The van der Waals surface area contributed by atoms with Crippen LogP contribution in [0.25, 0.3) is 0 Å². The highest BCUT2D eigenvalue weighted by molar-refractivity contribution is 5.70. The predicted molar refractivity (Wildman–Crippen MR) is 67.9 cm³/mol. The van der Waals surface area contributed by atoms with Gasteiger partial charge in [0.15, 0.2) is 0 Å².